The third kappa shape index (κ3) is 7.79. The number of nitrogens with one attached hydrogen (secondary N) is 2. The number of hydrogen-bond acceptors (Lipinski definition) is 7. The van der Waals surface area contributed by atoms with Crippen molar-refractivity contribution in [2.75, 3.05) is 11.8 Å². The van der Waals surface area contributed by atoms with E-state index in [9.17, 15) is 16.8 Å². The van der Waals surface area contributed by atoms with Gasteiger partial charge < -0.3 is 4.74 Å². The first-order chi connectivity index (χ1) is 15.6. The van der Waals surface area contributed by atoms with E-state index >= 15 is 0 Å². The predicted octanol–water partition coefficient (Wildman–Crippen LogP) is 3.33. The first-order valence-corrected chi connectivity index (χ1v) is 14.0. The fourth-order valence-electron chi connectivity index (χ4n) is 3.19. The summed E-state index contributed by atoms with van der Waals surface area (Å²) in [5, 5.41) is 2.74. The minimum absolute atomic E-state index is 0.193. The zero-order chi connectivity index (χ0) is 24.1. The van der Waals surface area contributed by atoms with Gasteiger partial charge in [0, 0.05) is 5.38 Å². The molecule has 3 aromatic rings. The largest absolute Gasteiger partial charge is 0.497 e. The number of rotatable bonds is 11. The zero-order valence-corrected chi connectivity index (χ0v) is 20.5. The molecule has 0 fully saturated rings. The highest BCUT2D eigenvalue weighted by Gasteiger charge is 2.23. The van der Waals surface area contributed by atoms with Gasteiger partial charge in [-0.3, -0.25) is 9.27 Å². The Morgan fingerprint density at radius 1 is 1.09 bits per heavy atom. The number of sulfonamides is 1. The second-order valence-electron chi connectivity index (χ2n) is 7.28. The SMILES string of the molecule is CCc1nc(C(Cc2ccc(NS(=O)(=O)O)cc2)NS(=O)(=O)Cc2cccc(OC)c2)cs1. The maximum Gasteiger partial charge on any atom is 0.357 e. The maximum atomic E-state index is 13.0. The molecule has 0 saturated heterocycles. The smallest absolute Gasteiger partial charge is 0.357 e. The van der Waals surface area contributed by atoms with Crippen LogP contribution in [0.2, 0.25) is 0 Å². The van der Waals surface area contributed by atoms with Crippen molar-refractivity contribution in [1.29, 1.82) is 0 Å². The molecule has 9 nitrogen and oxygen atoms in total. The summed E-state index contributed by atoms with van der Waals surface area (Å²) < 4.78 is 66.7. The average molecular weight is 512 g/mol. The summed E-state index contributed by atoms with van der Waals surface area (Å²) in [5.74, 6) is 0.354. The number of anilines is 1. The first-order valence-electron chi connectivity index (χ1n) is 9.98. The van der Waals surface area contributed by atoms with Crippen molar-refractivity contribution in [2.45, 2.75) is 31.6 Å². The summed E-state index contributed by atoms with van der Waals surface area (Å²) in [6, 6.07) is 12.5. The van der Waals surface area contributed by atoms with Crippen LogP contribution in [-0.2, 0) is 38.9 Å². The van der Waals surface area contributed by atoms with Crippen LogP contribution in [0.3, 0.4) is 0 Å². The third-order valence-corrected chi connectivity index (χ3v) is 7.54. The van der Waals surface area contributed by atoms with Crippen LogP contribution in [0.25, 0.3) is 0 Å². The van der Waals surface area contributed by atoms with Crippen LogP contribution in [-0.4, -0.2) is 33.5 Å². The normalized spacial score (nSPS) is 12.9. The van der Waals surface area contributed by atoms with Crippen LogP contribution in [0.1, 0.15) is 34.8 Å². The maximum absolute atomic E-state index is 13.0. The number of hydrogen-bond donors (Lipinski definition) is 3. The highest BCUT2D eigenvalue weighted by Crippen LogP contribution is 2.24. The number of methoxy groups -OCH3 is 1. The zero-order valence-electron chi connectivity index (χ0n) is 18.1. The molecule has 3 rings (SSSR count). The van der Waals surface area contributed by atoms with Gasteiger partial charge in [0.2, 0.25) is 10.0 Å². The van der Waals surface area contributed by atoms with Crippen LogP contribution in [0.15, 0.2) is 53.9 Å². The molecule has 33 heavy (non-hydrogen) atoms. The highest BCUT2D eigenvalue weighted by molar-refractivity contribution is 7.88. The van der Waals surface area contributed by atoms with Crippen LogP contribution >= 0.6 is 11.3 Å². The molecule has 0 aliphatic carbocycles. The Kier molecular flexibility index (Phi) is 8.08. The Labute approximate surface area is 197 Å². The summed E-state index contributed by atoms with van der Waals surface area (Å²) >= 11 is 1.47. The van der Waals surface area contributed by atoms with Gasteiger partial charge in [-0.05, 0) is 48.2 Å². The Morgan fingerprint density at radius 3 is 2.42 bits per heavy atom. The van der Waals surface area contributed by atoms with E-state index in [1.165, 1.54) is 30.6 Å². The molecule has 1 heterocycles. The van der Waals surface area contributed by atoms with Gasteiger partial charge >= 0.3 is 10.3 Å². The molecule has 0 radical (unpaired) electrons. The number of nitrogens with zero attached hydrogens (tertiary/aromatic N) is 1. The molecule has 0 saturated carbocycles. The fourth-order valence-corrected chi connectivity index (χ4v) is 5.76. The fraction of sp³-hybridized carbons (Fsp3) is 0.286. The Hall–Kier alpha value is -2.51. The molecule has 0 aliphatic heterocycles. The lowest BCUT2D eigenvalue weighted by molar-refractivity contribution is 0.414. The Balaban J connectivity index is 1.82. The van der Waals surface area contributed by atoms with Crippen molar-refractivity contribution in [3.63, 3.8) is 0 Å². The van der Waals surface area contributed by atoms with Crippen LogP contribution in [0.4, 0.5) is 5.69 Å². The molecule has 0 bridgehead atoms. The molecule has 0 amide bonds. The molecule has 12 heteroatoms. The van der Waals surface area contributed by atoms with Crippen LogP contribution < -0.4 is 14.2 Å². The number of thiazole rings is 1. The van der Waals surface area contributed by atoms with E-state index in [1.807, 2.05) is 17.0 Å². The summed E-state index contributed by atoms with van der Waals surface area (Å²) in [6.45, 7) is 1.98. The first kappa shape index (κ1) is 25.1. The van der Waals surface area contributed by atoms with Crippen molar-refractivity contribution < 1.29 is 26.1 Å². The third-order valence-electron chi connectivity index (χ3n) is 4.68. The predicted molar refractivity (Wildman–Crippen MR) is 128 cm³/mol. The van der Waals surface area contributed by atoms with Gasteiger partial charge in [-0.1, -0.05) is 31.2 Å². The lowest BCUT2D eigenvalue weighted by Gasteiger charge is -2.18. The van der Waals surface area contributed by atoms with Gasteiger partial charge in [-0.15, -0.1) is 11.3 Å². The van der Waals surface area contributed by atoms with E-state index in [2.05, 4.69) is 9.71 Å². The summed E-state index contributed by atoms with van der Waals surface area (Å²) in [7, 11) is -6.58. The van der Waals surface area contributed by atoms with Crippen molar-refractivity contribution in [2.24, 2.45) is 0 Å². The van der Waals surface area contributed by atoms with Crippen molar-refractivity contribution in [3.8, 4) is 5.75 Å². The molecule has 178 valence electrons. The Morgan fingerprint density at radius 2 is 1.82 bits per heavy atom. The lowest BCUT2D eigenvalue weighted by atomic mass is 10.0. The second kappa shape index (κ2) is 10.6. The van der Waals surface area contributed by atoms with Gasteiger partial charge in [-0.25, -0.2) is 18.1 Å². The molecule has 1 aromatic heterocycles. The van der Waals surface area contributed by atoms with Gasteiger partial charge in [0.05, 0.1) is 35.3 Å². The molecule has 1 atom stereocenters. The van der Waals surface area contributed by atoms with Gasteiger partial charge in [0.15, 0.2) is 0 Å². The number of aromatic nitrogens is 1. The van der Waals surface area contributed by atoms with E-state index in [0.717, 1.165) is 17.0 Å². The summed E-state index contributed by atoms with van der Waals surface area (Å²) in [6.07, 6.45) is 1.04. The number of aryl methyl sites for hydroxylation is 1. The average Bonchev–Trinajstić information content (AvgIpc) is 3.22. The molecule has 1 unspecified atom stereocenters. The van der Waals surface area contributed by atoms with E-state index in [1.54, 1.807) is 36.4 Å². The van der Waals surface area contributed by atoms with E-state index in [0.29, 0.717) is 23.4 Å². The lowest BCUT2D eigenvalue weighted by Crippen LogP contribution is -2.31. The summed E-state index contributed by atoms with van der Waals surface area (Å²) in [5.41, 5.74) is 2.16. The molecule has 0 aliphatic rings. The standard InChI is InChI=1S/C21H25N3O6S3/c1-3-21-22-20(13-31-21)19(12-15-7-9-17(10-8-15)23-33(27,28)29)24-32(25,26)14-16-5-4-6-18(11-16)30-2/h4-11,13,19,23-24H,3,12,14H2,1-2H3,(H,27,28,29). The quantitative estimate of drug-likeness (QED) is 0.336. The molecule has 2 aromatic carbocycles. The molecular weight excluding hydrogens is 486 g/mol. The van der Waals surface area contributed by atoms with E-state index in [-0.39, 0.29) is 11.4 Å². The monoisotopic (exact) mass is 511 g/mol. The topological polar surface area (TPSA) is 135 Å². The number of ether oxygens (including phenoxy) is 1. The molecule has 3 N–H and O–H groups in total. The Bertz CT molecular complexity index is 1290. The van der Waals surface area contributed by atoms with Gasteiger partial charge in [0.1, 0.15) is 5.75 Å². The van der Waals surface area contributed by atoms with Crippen LogP contribution in [0, 0.1) is 0 Å². The molecular formula is C21H25N3O6S3. The molecule has 0 spiro atoms. The van der Waals surface area contributed by atoms with Crippen molar-refractivity contribution >= 4 is 37.4 Å². The van der Waals surface area contributed by atoms with Gasteiger partial charge in [-0.2, -0.15) is 8.42 Å². The van der Waals surface area contributed by atoms with E-state index in [4.69, 9.17) is 9.29 Å². The van der Waals surface area contributed by atoms with Crippen LogP contribution in [0.5, 0.6) is 5.75 Å². The van der Waals surface area contributed by atoms with Crippen molar-refractivity contribution in [1.82, 2.24) is 9.71 Å². The van der Waals surface area contributed by atoms with Crippen molar-refractivity contribution in [3.05, 3.63) is 75.7 Å². The summed E-state index contributed by atoms with van der Waals surface area (Å²) in [4.78, 5) is 4.56. The minimum Gasteiger partial charge on any atom is -0.497 e. The number of benzene rings is 2. The highest BCUT2D eigenvalue weighted by atomic mass is 32.2. The minimum atomic E-state index is -4.37. The van der Waals surface area contributed by atoms with Gasteiger partial charge in [0.25, 0.3) is 0 Å². The van der Waals surface area contributed by atoms with E-state index < -0.39 is 26.4 Å². The second-order valence-corrected chi connectivity index (χ2v) is 11.1.